The monoisotopic (exact) mass is 799 g/mol. The minimum atomic E-state index is 0. The topological polar surface area (TPSA) is 35.0 Å². The molecule has 7 rings (SSSR count). The second-order valence-corrected chi connectivity index (χ2v) is 15.1. The van der Waals surface area contributed by atoms with Crippen molar-refractivity contribution in [2.75, 3.05) is 0 Å². The predicted molar refractivity (Wildman–Crippen MR) is 189 cm³/mol. The quantitative estimate of drug-likeness (QED) is 0.163. The second-order valence-electron chi connectivity index (χ2n) is 14.0. The summed E-state index contributed by atoms with van der Waals surface area (Å²) in [6, 6.07) is 36.7. The summed E-state index contributed by atoms with van der Waals surface area (Å²) in [5, 5.41) is 5.03. The Hall–Kier alpha value is -3.85. The minimum Gasteiger partial charge on any atom is -0.497 e. The van der Waals surface area contributed by atoms with E-state index in [1.54, 1.807) is 11.3 Å². The first-order chi connectivity index (χ1) is 21.5. The molecule has 0 atom stereocenters. The molecule has 5 heteroatoms. The fraction of sp³-hybridized carbons (Fsp3) is 0.220. The second kappa shape index (κ2) is 12.4. The third-order valence-electron chi connectivity index (χ3n) is 8.06. The summed E-state index contributed by atoms with van der Waals surface area (Å²) in [7, 11) is 0. The molecule has 0 saturated heterocycles. The Morgan fingerprint density at radius 3 is 2.15 bits per heavy atom. The van der Waals surface area contributed by atoms with Crippen LogP contribution >= 0.6 is 11.3 Å². The maximum Gasteiger partial charge on any atom is 2.00 e. The number of rotatable bonds is 5. The van der Waals surface area contributed by atoms with Crippen molar-refractivity contribution < 1.29 is 25.8 Å². The van der Waals surface area contributed by atoms with Gasteiger partial charge in [0.05, 0.1) is 0 Å². The number of fused-ring (bicyclic) bond motifs is 4. The molecule has 4 aromatic carbocycles. The van der Waals surface area contributed by atoms with Crippen molar-refractivity contribution in [1.82, 2.24) is 9.97 Å². The van der Waals surface area contributed by atoms with Crippen molar-refractivity contribution in [3.8, 4) is 34.0 Å². The molecule has 232 valence electrons. The molecule has 0 fully saturated rings. The average molecular weight is 800 g/mol. The summed E-state index contributed by atoms with van der Waals surface area (Å²) in [5.74, 6) is 1.24. The Morgan fingerprint density at radius 2 is 1.41 bits per heavy atom. The van der Waals surface area contributed by atoms with Gasteiger partial charge in [0.25, 0.3) is 0 Å². The first-order valence-electron chi connectivity index (χ1n) is 15.4. The fourth-order valence-electron chi connectivity index (χ4n) is 5.87. The van der Waals surface area contributed by atoms with Gasteiger partial charge in [0, 0.05) is 44.4 Å². The number of hydrogen-bond acceptors (Lipinski definition) is 4. The van der Waals surface area contributed by atoms with E-state index in [0.717, 1.165) is 33.6 Å². The summed E-state index contributed by atoms with van der Waals surface area (Å²) in [5.41, 5.74) is 6.48. The third-order valence-corrected chi connectivity index (χ3v) is 9.23. The molecule has 3 heterocycles. The van der Waals surface area contributed by atoms with Crippen LogP contribution in [0.25, 0.3) is 53.5 Å². The van der Waals surface area contributed by atoms with Gasteiger partial charge in [0.1, 0.15) is 0 Å². The summed E-state index contributed by atoms with van der Waals surface area (Å²) in [4.78, 5) is 9.44. The van der Waals surface area contributed by atoms with Gasteiger partial charge in [-0.2, -0.15) is 0 Å². The molecule has 0 amide bonds. The summed E-state index contributed by atoms with van der Waals surface area (Å²) in [6.07, 6.45) is 4.82. The van der Waals surface area contributed by atoms with Gasteiger partial charge in [-0.1, -0.05) is 77.9 Å². The standard InChI is InChI=1S/C41H36N2OS.Pt/c1-40(2,3)25-26-13-14-27-23-37-35(22-30(27)19-26)34-16-18-43-38(39(34)45-37)29-10-8-12-33(21-29)44-32-11-7-9-28(20-32)36-24-31(15-17-42-36)41(4,5)6;/h7-19,22-24H,25H2,1-6H3;/q-2;+2. The van der Waals surface area contributed by atoms with Crippen LogP contribution in [0.3, 0.4) is 0 Å². The smallest absolute Gasteiger partial charge is 0.497 e. The molecule has 3 aromatic heterocycles. The number of ether oxygens (including phenoxy) is 1. The molecule has 0 aliphatic heterocycles. The van der Waals surface area contributed by atoms with Gasteiger partial charge < -0.3 is 14.7 Å². The number of aromatic nitrogens is 2. The van der Waals surface area contributed by atoms with Gasteiger partial charge in [0.2, 0.25) is 0 Å². The summed E-state index contributed by atoms with van der Waals surface area (Å²) >= 11 is 1.79. The molecule has 0 bridgehead atoms. The zero-order chi connectivity index (χ0) is 31.3. The molecule has 0 aliphatic rings. The average Bonchev–Trinajstić information content (AvgIpc) is 3.36. The normalized spacial score (nSPS) is 12.0. The van der Waals surface area contributed by atoms with Crippen LogP contribution in [0.2, 0.25) is 0 Å². The Balaban J connectivity index is 0.00000372. The van der Waals surface area contributed by atoms with Crippen molar-refractivity contribution >= 4 is 42.3 Å². The van der Waals surface area contributed by atoms with E-state index in [1.165, 1.54) is 37.4 Å². The maximum absolute atomic E-state index is 6.31. The third kappa shape index (κ3) is 6.66. The van der Waals surface area contributed by atoms with Crippen LogP contribution in [-0.2, 0) is 32.9 Å². The largest absolute Gasteiger partial charge is 2.00 e. The molecule has 0 unspecified atom stereocenters. The van der Waals surface area contributed by atoms with Crippen LogP contribution in [0.1, 0.15) is 52.7 Å². The molecule has 3 nitrogen and oxygen atoms in total. The minimum absolute atomic E-state index is 0. The van der Waals surface area contributed by atoms with Gasteiger partial charge >= 0.3 is 21.1 Å². The Labute approximate surface area is 290 Å². The van der Waals surface area contributed by atoms with E-state index in [4.69, 9.17) is 9.72 Å². The van der Waals surface area contributed by atoms with Crippen LogP contribution < -0.4 is 4.74 Å². The van der Waals surface area contributed by atoms with Crippen LogP contribution in [0.5, 0.6) is 11.5 Å². The molecule has 0 spiro atoms. The van der Waals surface area contributed by atoms with E-state index in [9.17, 15) is 0 Å². The first kappa shape index (κ1) is 32.1. The molecule has 0 saturated carbocycles. The van der Waals surface area contributed by atoms with Crippen molar-refractivity contribution in [2.45, 2.75) is 53.4 Å². The van der Waals surface area contributed by atoms with Crippen molar-refractivity contribution in [2.24, 2.45) is 5.41 Å². The molecular formula is C41H36N2OPtS. The van der Waals surface area contributed by atoms with Crippen LogP contribution in [-0.4, -0.2) is 9.97 Å². The Bertz CT molecular complexity index is 2200. The maximum atomic E-state index is 6.31. The van der Waals surface area contributed by atoms with Crippen molar-refractivity contribution in [3.63, 3.8) is 0 Å². The van der Waals surface area contributed by atoms with Crippen LogP contribution in [0.15, 0.2) is 97.3 Å². The molecule has 0 aliphatic carbocycles. The molecule has 0 N–H and O–H groups in total. The SMILES string of the molecule is CC(C)(C)Cc1ccc2cc3sc4c(-c5[c-]c(Oc6[c-]c(-c7cc(C(C)(C)C)ccn7)ccc6)ccc5)nccc4c3cc2c1.[Pt+2]. The molecule has 7 aromatic rings. The zero-order valence-electron chi connectivity index (χ0n) is 27.0. The van der Waals surface area contributed by atoms with Crippen LogP contribution in [0.4, 0.5) is 0 Å². The van der Waals surface area contributed by atoms with E-state index in [1.807, 2.05) is 42.7 Å². The van der Waals surface area contributed by atoms with Crippen molar-refractivity contribution in [3.05, 3.63) is 121 Å². The van der Waals surface area contributed by atoms with E-state index < -0.39 is 0 Å². The number of hydrogen-bond donors (Lipinski definition) is 0. The molecular weight excluding hydrogens is 764 g/mol. The number of nitrogens with zero attached hydrogens (tertiary/aromatic N) is 2. The Kier molecular flexibility index (Phi) is 8.65. The van der Waals surface area contributed by atoms with E-state index in [2.05, 4.69) is 113 Å². The van der Waals surface area contributed by atoms with Gasteiger partial charge in [-0.3, -0.25) is 0 Å². The van der Waals surface area contributed by atoms with Gasteiger partial charge in [-0.25, -0.2) is 0 Å². The van der Waals surface area contributed by atoms with E-state index >= 15 is 0 Å². The summed E-state index contributed by atoms with van der Waals surface area (Å²) < 4.78 is 8.73. The summed E-state index contributed by atoms with van der Waals surface area (Å²) in [6.45, 7) is 13.5. The zero-order valence-corrected chi connectivity index (χ0v) is 30.1. The van der Waals surface area contributed by atoms with Crippen molar-refractivity contribution in [1.29, 1.82) is 0 Å². The number of pyridine rings is 2. The van der Waals surface area contributed by atoms with Gasteiger partial charge in [-0.05, 0) is 74.5 Å². The Morgan fingerprint density at radius 1 is 0.696 bits per heavy atom. The first-order valence-corrected chi connectivity index (χ1v) is 16.3. The van der Waals surface area contributed by atoms with E-state index in [-0.39, 0.29) is 31.9 Å². The van der Waals surface area contributed by atoms with Crippen LogP contribution in [0, 0.1) is 17.5 Å². The van der Waals surface area contributed by atoms with Gasteiger partial charge in [-0.15, -0.1) is 58.9 Å². The number of benzene rings is 4. The molecule has 0 radical (unpaired) electrons. The van der Waals surface area contributed by atoms with E-state index in [0.29, 0.717) is 11.5 Å². The predicted octanol–water partition coefficient (Wildman–Crippen LogP) is 11.6. The molecule has 46 heavy (non-hydrogen) atoms. The number of thiophene rings is 1. The van der Waals surface area contributed by atoms with Gasteiger partial charge in [0.15, 0.2) is 0 Å². The fourth-order valence-corrected chi connectivity index (χ4v) is 7.11.